The van der Waals surface area contributed by atoms with Crippen LogP contribution in [0.3, 0.4) is 0 Å². The van der Waals surface area contributed by atoms with Crippen LogP contribution in [0.25, 0.3) is 6.08 Å². The lowest BCUT2D eigenvalue weighted by molar-refractivity contribution is -0.146. The molecule has 1 aromatic heterocycles. The van der Waals surface area contributed by atoms with Gasteiger partial charge < -0.3 is 9.47 Å². The predicted molar refractivity (Wildman–Crippen MR) is 102 cm³/mol. The summed E-state index contributed by atoms with van der Waals surface area (Å²) in [6, 6.07) is 12.8. The largest absolute Gasteiger partial charge is 0.465 e. The van der Waals surface area contributed by atoms with Crippen LogP contribution < -0.4 is 0 Å². The average Bonchev–Trinajstić information content (AvgIpc) is 3.44. The van der Waals surface area contributed by atoms with E-state index in [2.05, 4.69) is 4.98 Å². The number of carbonyl (C=O) groups excluding carboxylic acids is 2. The van der Waals surface area contributed by atoms with E-state index < -0.39 is 5.41 Å². The van der Waals surface area contributed by atoms with Crippen LogP contribution in [0.4, 0.5) is 0 Å². The molecule has 0 spiro atoms. The number of ether oxygens (including phenoxy) is 2. The highest BCUT2D eigenvalue weighted by molar-refractivity contribution is 5.90. The molecule has 1 fully saturated rings. The number of hydrogen-bond donors (Lipinski definition) is 0. The summed E-state index contributed by atoms with van der Waals surface area (Å²) in [5, 5.41) is 0. The topological polar surface area (TPSA) is 65.5 Å². The van der Waals surface area contributed by atoms with Crippen molar-refractivity contribution in [1.29, 1.82) is 0 Å². The van der Waals surface area contributed by atoms with E-state index in [1.54, 1.807) is 25.3 Å². The summed E-state index contributed by atoms with van der Waals surface area (Å²) in [6.45, 7) is 4.29. The number of hydrogen-bond acceptors (Lipinski definition) is 5. The van der Waals surface area contributed by atoms with Gasteiger partial charge in [-0.3, -0.25) is 9.78 Å². The van der Waals surface area contributed by atoms with E-state index in [-0.39, 0.29) is 17.9 Å². The Morgan fingerprint density at radius 2 is 1.85 bits per heavy atom. The fourth-order valence-corrected chi connectivity index (χ4v) is 3.21. The molecular formula is C22H23NO4. The van der Waals surface area contributed by atoms with Gasteiger partial charge in [-0.05, 0) is 50.1 Å². The standard InChI is InChI=1S/C22H23NO4/c1-3-26-20(24)17-11-8-16(9-12-17)10-13-18-15-22(18,21(25)27-4-2)19-7-5-6-14-23-19/h5-14,18H,3-4,15H2,1-2H3/b13-10+. The molecule has 3 rings (SSSR count). The molecule has 2 atom stereocenters. The number of benzene rings is 1. The van der Waals surface area contributed by atoms with Gasteiger partial charge in [-0.25, -0.2) is 4.79 Å². The molecule has 0 aliphatic heterocycles. The Morgan fingerprint density at radius 1 is 1.11 bits per heavy atom. The molecule has 0 bridgehead atoms. The number of rotatable bonds is 7. The highest BCUT2D eigenvalue weighted by Gasteiger charge is 2.62. The zero-order valence-electron chi connectivity index (χ0n) is 15.6. The Labute approximate surface area is 159 Å². The van der Waals surface area contributed by atoms with Crippen LogP contribution in [0.1, 0.15) is 41.9 Å². The van der Waals surface area contributed by atoms with Crippen molar-refractivity contribution in [3.8, 4) is 0 Å². The minimum absolute atomic E-state index is 0.0381. The summed E-state index contributed by atoms with van der Waals surface area (Å²) in [5.41, 5.74) is 1.53. The van der Waals surface area contributed by atoms with Crippen LogP contribution in [-0.2, 0) is 19.7 Å². The molecule has 1 aliphatic rings. The summed E-state index contributed by atoms with van der Waals surface area (Å²) in [7, 11) is 0. The summed E-state index contributed by atoms with van der Waals surface area (Å²) in [6.07, 6.45) is 6.36. The van der Waals surface area contributed by atoms with E-state index in [9.17, 15) is 9.59 Å². The van der Waals surface area contributed by atoms with Crippen molar-refractivity contribution in [1.82, 2.24) is 4.98 Å². The summed E-state index contributed by atoms with van der Waals surface area (Å²) in [5.74, 6) is -0.515. The van der Waals surface area contributed by atoms with E-state index >= 15 is 0 Å². The van der Waals surface area contributed by atoms with Gasteiger partial charge in [0.25, 0.3) is 0 Å². The number of carbonyl (C=O) groups is 2. The highest BCUT2D eigenvalue weighted by atomic mass is 16.5. The number of nitrogens with zero attached hydrogens (tertiary/aromatic N) is 1. The van der Waals surface area contributed by atoms with Gasteiger partial charge in [0.05, 0.1) is 24.5 Å². The first-order valence-corrected chi connectivity index (χ1v) is 9.16. The van der Waals surface area contributed by atoms with Crippen molar-refractivity contribution in [2.75, 3.05) is 13.2 Å². The fraction of sp³-hybridized carbons (Fsp3) is 0.318. The number of allylic oxidation sites excluding steroid dienone is 1. The van der Waals surface area contributed by atoms with E-state index in [1.165, 1.54) is 0 Å². The van der Waals surface area contributed by atoms with Gasteiger partial charge in [0, 0.05) is 12.1 Å². The second-order valence-corrected chi connectivity index (χ2v) is 6.42. The normalized spacial score (nSPS) is 21.0. The molecule has 0 radical (unpaired) electrons. The van der Waals surface area contributed by atoms with Crippen LogP contribution in [-0.4, -0.2) is 30.1 Å². The van der Waals surface area contributed by atoms with Crippen LogP contribution in [0, 0.1) is 5.92 Å². The van der Waals surface area contributed by atoms with Gasteiger partial charge in [0.2, 0.25) is 0 Å². The third-order valence-corrected chi connectivity index (χ3v) is 4.72. The predicted octanol–water partition coefficient (Wildman–Crippen LogP) is 3.79. The smallest absolute Gasteiger partial charge is 0.338 e. The number of pyridine rings is 1. The maximum absolute atomic E-state index is 12.6. The Bertz CT molecular complexity index is 829. The molecule has 5 heteroatoms. The van der Waals surface area contributed by atoms with Crippen LogP contribution in [0.2, 0.25) is 0 Å². The fourth-order valence-electron chi connectivity index (χ4n) is 3.21. The van der Waals surface area contributed by atoms with E-state index in [0.717, 1.165) is 11.3 Å². The van der Waals surface area contributed by atoms with Gasteiger partial charge in [0.15, 0.2) is 0 Å². The number of esters is 2. The molecule has 0 saturated heterocycles. The molecule has 0 amide bonds. The van der Waals surface area contributed by atoms with Crippen LogP contribution in [0.15, 0.2) is 54.7 Å². The van der Waals surface area contributed by atoms with Crippen molar-refractivity contribution in [2.45, 2.75) is 25.7 Å². The second kappa shape index (κ2) is 8.16. The molecule has 1 saturated carbocycles. The van der Waals surface area contributed by atoms with Gasteiger partial charge in [-0.2, -0.15) is 0 Å². The molecule has 0 N–H and O–H groups in total. The minimum atomic E-state index is -0.696. The quantitative estimate of drug-likeness (QED) is 0.699. The maximum atomic E-state index is 12.6. The lowest BCUT2D eigenvalue weighted by Gasteiger charge is -2.14. The molecule has 140 valence electrons. The molecule has 1 aromatic carbocycles. The molecule has 1 aliphatic carbocycles. The number of aromatic nitrogens is 1. The van der Waals surface area contributed by atoms with Gasteiger partial charge >= 0.3 is 11.9 Å². The molecule has 1 heterocycles. The Kier molecular flexibility index (Phi) is 5.69. The zero-order valence-corrected chi connectivity index (χ0v) is 15.6. The lowest BCUT2D eigenvalue weighted by atomic mass is 9.97. The third-order valence-electron chi connectivity index (χ3n) is 4.72. The average molecular weight is 365 g/mol. The summed E-state index contributed by atoms with van der Waals surface area (Å²) >= 11 is 0. The van der Waals surface area contributed by atoms with Crippen molar-refractivity contribution < 1.29 is 19.1 Å². The lowest BCUT2D eigenvalue weighted by Crippen LogP contribution is -2.26. The van der Waals surface area contributed by atoms with Gasteiger partial charge in [-0.1, -0.05) is 30.4 Å². The monoisotopic (exact) mass is 365 g/mol. The molecule has 27 heavy (non-hydrogen) atoms. The van der Waals surface area contributed by atoms with Crippen molar-refractivity contribution in [2.24, 2.45) is 5.92 Å². The van der Waals surface area contributed by atoms with Crippen molar-refractivity contribution >= 4 is 18.0 Å². The molecule has 5 nitrogen and oxygen atoms in total. The summed E-state index contributed by atoms with van der Waals surface area (Å²) in [4.78, 5) is 28.7. The molecule has 2 aromatic rings. The van der Waals surface area contributed by atoms with E-state index in [1.807, 2.05) is 49.4 Å². The van der Waals surface area contributed by atoms with Crippen LogP contribution >= 0.6 is 0 Å². The SMILES string of the molecule is CCOC(=O)c1ccc(/C=C/C2CC2(C(=O)OCC)c2ccccn2)cc1. The van der Waals surface area contributed by atoms with Gasteiger partial charge in [-0.15, -0.1) is 0 Å². The third kappa shape index (κ3) is 3.92. The van der Waals surface area contributed by atoms with E-state index in [4.69, 9.17) is 9.47 Å². The maximum Gasteiger partial charge on any atom is 0.338 e. The van der Waals surface area contributed by atoms with Crippen molar-refractivity contribution in [3.63, 3.8) is 0 Å². The van der Waals surface area contributed by atoms with Crippen molar-refractivity contribution in [3.05, 3.63) is 71.6 Å². The second-order valence-electron chi connectivity index (χ2n) is 6.42. The summed E-state index contributed by atoms with van der Waals surface area (Å²) < 4.78 is 10.3. The molecule has 2 unspecified atom stereocenters. The van der Waals surface area contributed by atoms with E-state index in [0.29, 0.717) is 25.2 Å². The Morgan fingerprint density at radius 3 is 2.48 bits per heavy atom. The first-order valence-electron chi connectivity index (χ1n) is 9.16. The Hall–Kier alpha value is -2.95. The molecular weight excluding hydrogens is 342 g/mol. The van der Waals surface area contributed by atoms with Gasteiger partial charge in [0.1, 0.15) is 5.41 Å². The zero-order chi connectivity index (χ0) is 19.3. The van der Waals surface area contributed by atoms with Crippen LogP contribution in [0.5, 0.6) is 0 Å². The first kappa shape index (κ1) is 18.8. The highest BCUT2D eigenvalue weighted by Crippen LogP contribution is 2.55. The first-order chi connectivity index (χ1) is 13.1. The minimum Gasteiger partial charge on any atom is -0.465 e. The Balaban J connectivity index is 1.75.